The molecule has 9 nitrogen and oxygen atoms in total. The van der Waals surface area contributed by atoms with Crippen molar-refractivity contribution < 1.29 is 19.1 Å². The maximum absolute atomic E-state index is 12.3. The van der Waals surface area contributed by atoms with Gasteiger partial charge in [0.05, 0.1) is 12.8 Å². The summed E-state index contributed by atoms with van der Waals surface area (Å²) in [7, 11) is 1.41. The monoisotopic (exact) mass is 545 g/mol. The number of likely N-dealkylation sites (tertiary alicyclic amines) is 1. The van der Waals surface area contributed by atoms with E-state index in [4.69, 9.17) is 9.47 Å². The van der Waals surface area contributed by atoms with Crippen LogP contribution in [0.15, 0.2) is 29.3 Å². The van der Waals surface area contributed by atoms with Gasteiger partial charge in [-0.15, -0.1) is 24.0 Å². The lowest BCUT2D eigenvalue weighted by molar-refractivity contribution is -0.121. The summed E-state index contributed by atoms with van der Waals surface area (Å²) in [6.45, 7) is 5.41. The van der Waals surface area contributed by atoms with Crippen molar-refractivity contribution >= 4 is 47.6 Å². The highest BCUT2D eigenvalue weighted by atomic mass is 127. The zero-order chi connectivity index (χ0) is 21.3. The van der Waals surface area contributed by atoms with Crippen LogP contribution in [0.4, 0.5) is 10.5 Å². The number of rotatable bonds is 6. The van der Waals surface area contributed by atoms with Crippen LogP contribution in [-0.4, -0.2) is 75.3 Å². The van der Waals surface area contributed by atoms with Gasteiger partial charge in [-0.25, -0.2) is 4.79 Å². The van der Waals surface area contributed by atoms with Crippen LogP contribution in [0, 0.1) is 0 Å². The zero-order valence-corrected chi connectivity index (χ0v) is 20.5. The van der Waals surface area contributed by atoms with Crippen molar-refractivity contribution in [1.29, 1.82) is 0 Å². The largest absolute Gasteiger partial charge is 0.482 e. The molecule has 0 atom stereocenters. The van der Waals surface area contributed by atoms with Gasteiger partial charge in [-0.05, 0) is 38.3 Å². The highest BCUT2D eigenvalue weighted by Gasteiger charge is 2.25. The lowest BCUT2D eigenvalue weighted by atomic mass is 10.1. The van der Waals surface area contributed by atoms with Gasteiger partial charge in [0.1, 0.15) is 5.75 Å². The molecule has 2 N–H and O–H groups in total. The van der Waals surface area contributed by atoms with E-state index in [-0.39, 0.29) is 48.6 Å². The van der Waals surface area contributed by atoms with Crippen molar-refractivity contribution in [2.75, 3.05) is 51.3 Å². The van der Waals surface area contributed by atoms with Crippen LogP contribution in [0.2, 0.25) is 0 Å². The number of nitrogens with one attached hydrogen (secondary N) is 2. The summed E-state index contributed by atoms with van der Waals surface area (Å²) in [5, 5.41) is 6.73. The third-order valence-corrected chi connectivity index (χ3v) is 5.23. The van der Waals surface area contributed by atoms with Gasteiger partial charge < -0.3 is 29.9 Å². The number of carbonyl (C=O) groups is 2. The molecule has 0 bridgehead atoms. The molecule has 1 aromatic carbocycles. The van der Waals surface area contributed by atoms with Gasteiger partial charge in [0, 0.05) is 38.8 Å². The Balaban J connectivity index is 0.00000341. The highest BCUT2D eigenvalue weighted by Crippen LogP contribution is 2.31. The number of carbonyl (C=O) groups excluding carboxylic acids is 2. The van der Waals surface area contributed by atoms with Crippen LogP contribution >= 0.6 is 24.0 Å². The third-order valence-electron chi connectivity index (χ3n) is 5.23. The van der Waals surface area contributed by atoms with E-state index in [1.165, 1.54) is 7.11 Å². The minimum absolute atomic E-state index is 0. The van der Waals surface area contributed by atoms with Crippen molar-refractivity contribution in [3.63, 3.8) is 0 Å². The number of halogens is 1. The van der Waals surface area contributed by atoms with Crippen LogP contribution in [-0.2, 0) is 9.53 Å². The van der Waals surface area contributed by atoms with E-state index in [1.54, 1.807) is 9.80 Å². The Hall–Kier alpha value is -2.24. The number of amides is 2. The predicted molar refractivity (Wildman–Crippen MR) is 130 cm³/mol. The molecule has 0 radical (unpaired) electrons. The number of benzene rings is 1. The van der Waals surface area contributed by atoms with Gasteiger partial charge in [-0.3, -0.25) is 9.79 Å². The van der Waals surface area contributed by atoms with E-state index in [0.29, 0.717) is 26.2 Å². The molecule has 0 spiro atoms. The molecule has 0 aliphatic carbocycles. The number of guanidine groups is 1. The normalized spacial score (nSPS) is 16.7. The predicted octanol–water partition coefficient (Wildman–Crippen LogP) is 2.21. The van der Waals surface area contributed by atoms with Crippen LogP contribution < -0.4 is 20.3 Å². The zero-order valence-electron chi connectivity index (χ0n) is 18.1. The van der Waals surface area contributed by atoms with Gasteiger partial charge in [0.2, 0.25) is 0 Å². The number of hydrogen-bond acceptors (Lipinski definition) is 5. The quantitative estimate of drug-likeness (QED) is 0.247. The van der Waals surface area contributed by atoms with E-state index in [0.717, 1.165) is 43.2 Å². The first-order valence-electron chi connectivity index (χ1n) is 10.5. The summed E-state index contributed by atoms with van der Waals surface area (Å²) < 4.78 is 10.3. The Morgan fingerprint density at radius 1 is 1.29 bits per heavy atom. The van der Waals surface area contributed by atoms with E-state index < -0.39 is 0 Å². The molecule has 31 heavy (non-hydrogen) atoms. The van der Waals surface area contributed by atoms with Crippen molar-refractivity contribution in [1.82, 2.24) is 15.5 Å². The molecule has 0 unspecified atom stereocenters. The molecule has 3 rings (SSSR count). The van der Waals surface area contributed by atoms with Crippen LogP contribution in [0.3, 0.4) is 0 Å². The Kier molecular flexibility index (Phi) is 10.2. The van der Waals surface area contributed by atoms with Crippen molar-refractivity contribution in [2.45, 2.75) is 32.2 Å². The number of anilines is 1. The molecule has 1 fully saturated rings. The molecule has 0 aromatic heterocycles. The fourth-order valence-corrected chi connectivity index (χ4v) is 3.67. The number of para-hydroxylation sites is 2. The number of piperidine rings is 1. The third kappa shape index (κ3) is 6.88. The van der Waals surface area contributed by atoms with Gasteiger partial charge in [0.15, 0.2) is 12.6 Å². The number of hydrogen-bond donors (Lipinski definition) is 2. The minimum Gasteiger partial charge on any atom is -0.482 e. The lowest BCUT2D eigenvalue weighted by Gasteiger charge is -2.32. The molecule has 2 aliphatic rings. The number of ether oxygens (including phenoxy) is 2. The van der Waals surface area contributed by atoms with E-state index in [9.17, 15) is 9.59 Å². The molecule has 2 amide bonds. The first-order valence-corrected chi connectivity index (χ1v) is 10.5. The Bertz CT molecular complexity index is 768. The molecular formula is C21H32IN5O4. The number of methoxy groups -OCH3 is 1. The average molecular weight is 545 g/mol. The molecule has 172 valence electrons. The summed E-state index contributed by atoms with van der Waals surface area (Å²) in [6.07, 6.45) is 2.17. The SMILES string of the molecule is CCNC(=NCCCN1C(=O)COc2ccccc21)NC1CCN(C(=O)OC)CC1.I. The molecule has 2 aliphatic heterocycles. The average Bonchev–Trinajstić information content (AvgIpc) is 2.78. The molecule has 10 heteroatoms. The van der Waals surface area contributed by atoms with Crippen molar-refractivity contribution in [3.05, 3.63) is 24.3 Å². The second-order valence-corrected chi connectivity index (χ2v) is 7.29. The Morgan fingerprint density at radius 3 is 2.74 bits per heavy atom. The summed E-state index contributed by atoms with van der Waals surface area (Å²) in [4.78, 5) is 32.0. The molecular weight excluding hydrogens is 513 g/mol. The maximum Gasteiger partial charge on any atom is 0.409 e. The fourth-order valence-electron chi connectivity index (χ4n) is 3.67. The van der Waals surface area contributed by atoms with Gasteiger partial charge in [-0.1, -0.05) is 12.1 Å². The lowest BCUT2D eigenvalue weighted by Crippen LogP contribution is -2.49. The first kappa shape index (κ1) is 25.0. The van der Waals surface area contributed by atoms with Crippen LogP contribution in [0.5, 0.6) is 5.75 Å². The summed E-state index contributed by atoms with van der Waals surface area (Å²) in [5.74, 6) is 1.48. The summed E-state index contributed by atoms with van der Waals surface area (Å²) >= 11 is 0. The van der Waals surface area contributed by atoms with E-state index >= 15 is 0 Å². The van der Waals surface area contributed by atoms with Crippen LogP contribution in [0.25, 0.3) is 0 Å². The number of nitrogens with zero attached hydrogens (tertiary/aromatic N) is 3. The van der Waals surface area contributed by atoms with Crippen molar-refractivity contribution in [3.8, 4) is 5.75 Å². The smallest absolute Gasteiger partial charge is 0.409 e. The second kappa shape index (κ2) is 12.6. The van der Waals surface area contributed by atoms with Crippen molar-refractivity contribution in [2.24, 2.45) is 4.99 Å². The first-order chi connectivity index (χ1) is 14.6. The minimum atomic E-state index is -0.270. The fraction of sp³-hybridized carbons (Fsp3) is 0.571. The van der Waals surface area contributed by atoms with Gasteiger partial charge >= 0.3 is 6.09 Å². The topological polar surface area (TPSA) is 95.5 Å². The Labute approximate surface area is 200 Å². The number of fused-ring (bicyclic) bond motifs is 1. The summed E-state index contributed by atoms with van der Waals surface area (Å²) in [5.41, 5.74) is 0.820. The van der Waals surface area contributed by atoms with Crippen LogP contribution in [0.1, 0.15) is 26.2 Å². The standard InChI is InChI=1S/C21H31N5O4.HI/c1-3-22-20(24-16-9-13-25(14-10-16)21(28)29-2)23-11-6-12-26-17-7-4-5-8-18(17)30-15-19(26)27;/h4-5,7-8,16H,3,6,9-15H2,1-2H3,(H2,22,23,24);1H. The molecule has 2 heterocycles. The maximum atomic E-state index is 12.3. The second-order valence-electron chi connectivity index (χ2n) is 7.29. The van der Waals surface area contributed by atoms with Gasteiger partial charge in [-0.2, -0.15) is 0 Å². The molecule has 1 aromatic rings. The summed E-state index contributed by atoms with van der Waals surface area (Å²) in [6, 6.07) is 7.86. The Morgan fingerprint density at radius 2 is 2.03 bits per heavy atom. The molecule has 0 saturated carbocycles. The molecule has 1 saturated heterocycles. The van der Waals surface area contributed by atoms with Gasteiger partial charge in [0.25, 0.3) is 5.91 Å². The number of aliphatic imine (C=N–C) groups is 1. The van der Waals surface area contributed by atoms with E-state index in [2.05, 4.69) is 15.6 Å². The van der Waals surface area contributed by atoms with E-state index in [1.807, 2.05) is 31.2 Å². The highest BCUT2D eigenvalue weighted by molar-refractivity contribution is 14.0.